The molecular weight excluding hydrogens is 474 g/mol. The van der Waals surface area contributed by atoms with Crippen LogP contribution in [0.3, 0.4) is 0 Å². The number of hydrogen-bond donors (Lipinski definition) is 0. The van der Waals surface area contributed by atoms with Crippen molar-refractivity contribution in [3.63, 3.8) is 0 Å². The van der Waals surface area contributed by atoms with Crippen molar-refractivity contribution in [3.05, 3.63) is 90.0 Å². The first-order valence-electron chi connectivity index (χ1n) is 12.5. The molecule has 2 aromatic carbocycles. The summed E-state index contributed by atoms with van der Waals surface area (Å²) in [4.78, 5) is 13.6. The van der Waals surface area contributed by atoms with Crippen LogP contribution in [0.15, 0.2) is 67.3 Å². The maximum Gasteiger partial charge on any atom is 0.185 e. The fraction of sp³-hybridized carbons (Fsp3) is 0.258. The van der Waals surface area contributed by atoms with E-state index in [1.807, 2.05) is 59.6 Å². The SMILES string of the molecule is CO[C@H](C)Cn1ccnc1C#Cc1ccc2nc3ccc(C#Cc4nccn4C[C@@H](C)OC)cc3cc2c1. The van der Waals surface area contributed by atoms with E-state index in [-0.39, 0.29) is 12.2 Å². The van der Waals surface area contributed by atoms with E-state index in [0.29, 0.717) is 24.7 Å². The molecule has 3 aromatic heterocycles. The lowest BCUT2D eigenvalue weighted by Gasteiger charge is -2.10. The molecule has 0 unspecified atom stereocenters. The van der Waals surface area contributed by atoms with E-state index in [4.69, 9.17) is 14.5 Å². The molecule has 38 heavy (non-hydrogen) atoms. The predicted octanol–water partition coefficient (Wildman–Crippen LogP) is 4.65. The maximum atomic E-state index is 5.37. The van der Waals surface area contributed by atoms with Gasteiger partial charge < -0.3 is 18.6 Å². The Kier molecular flexibility index (Phi) is 7.51. The van der Waals surface area contributed by atoms with Gasteiger partial charge >= 0.3 is 0 Å². The van der Waals surface area contributed by atoms with Gasteiger partial charge in [0.05, 0.1) is 36.3 Å². The van der Waals surface area contributed by atoms with E-state index in [1.54, 1.807) is 26.6 Å². The fourth-order valence-corrected chi connectivity index (χ4v) is 4.12. The second-order valence-electron chi connectivity index (χ2n) is 9.20. The first-order chi connectivity index (χ1) is 18.5. The Balaban J connectivity index is 1.41. The fourth-order valence-electron chi connectivity index (χ4n) is 4.12. The minimum Gasteiger partial charge on any atom is -0.380 e. The van der Waals surface area contributed by atoms with Crippen molar-refractivity contribution in [1.82, 2.24) is 24.1 Å². The first-order valence-corrected chi connectivity index (χ1v) is 12.5. The quantitative estimate of drug-likeness (QED) is 0.249. The van der Waals surface area contributed by atoms with E-state index in [9.17, 15) is 0 Å². The molecule has 0 saturated carbocycles. The highest BCUT2D eigenvalue weighted by molar-refractivity contribution is 5.93. The molecule has 0 aliphatic heterocycles. The number of imidazole rings is 2. The Morgan fingerprint density at radius 2 is 1.16 bits per heavy atom. The molecule has 0 aliphatic rings. The number of rotatable bonds is 6. The molecule has 0 spiro atoms. The van der Waals surface area contributed by atoms with E-state index in [0.717, 1.165) is 32.9 Å². The molecule has 0 aliphatic carbocycles. The predicted molar refractivity (Wildman–Crippen MR) is 149 cm³/mol. The molecule has 0 fully saturated rings. The molecular formula is C31H29N5O2. The summed E-state index contributed by atoms with van der Waals surface area (Å²) in [6.45, 7) is 5.45. The van der Waals surface area contributed by atoms with Gasteiger partial charge in [0.2, 0.25) is 0 Å². The lowest BCUT2D eigenvalue weighted by molar-refractivity contribution is 0.103. The molecule has 7 heteroatoms. The zero-order chi connectivity index (χ0) is 26.5. The number of pyridine rings is 1. The third kappa shape index (κ3) is 5.76. The van der Waals surface area contributed by atoms with Crippen molar-refractivity contribution < 1.29 is 9.47 Å². The standard InChI is InChI=1S/C31H29N5O2/c1-22(37-3)20-35-15-13-32-30(35)11-7-24-5-9-28-26(17-24)19-27-18-25(6-10-29(27)34-28)8-12-31-33-14-16-36(31)21-23(2)38-4/h5-6,9-10,13-19,22-23H,20-21H2,1-4H3/t22-,23-/m1/s1. The molecule has 0 bridgehead atoms. The highest BCUT2D eigenvalue weighted by Gasteiger charge is 2.07. The second-order valence-corrected chi connectivity index (χ2v) is 9.20. The van der Waals surface area contributed by atoms with Gasteiger partial charge in [-0.05, 0) is 68.2 Å². The number of fused-ring (bicyclic) bond motifs is 2. The molecule has 2 atom stereocenters. The molecule has 7 nitrogen and oxygen atoms in total. The van der Waals surface area contributed by atoms with Crippen LogP contribution in [-0.4, -0.2) is 50.5 Å². The van der Waals surface area contributed by atoms with Gasteiger partial charge in [-0.25, -0.2) is 15.0 Å². The van der Waals surface area contributed by atoms with Crippen molar-refractivity contribution in [2.45, 2.75) is 39.1 Å². The van der Waals surface area contributed by atoms with Gasteiger partial charge in [-0.2, -0.15) is 0 Å². The van der Waals surface area contributed by atoms with E-state index < -0.39 is 0 Å². The summed E-state index contributed by atoms with van der Waals surface area (Å²) in [6, 6.07) is 14.3. The summed E-state index contributed by atoms with van der Waals surface area (Å²) in [5.74, 6) is 14.3. The van der Waals surface area contributed by atoms with Gasteiger partial charge in [-0.3, -0.25) is 0 Å². The normalized spacial score (nSPS) is 12.5. The van der Waals surface area contributed by atoms with Crippen LogP contribution in [0.1, 0.15) is 36.6 Å². The Labute approximate surface area is 222 Å². The Morgan fingerprint density at radius 3 is 1.61 bits per heavy atom. The van der Waals surface area contributed by atoms with E-state index >= 15 is 0 Å². The number of hydrogen-bond acceptors (Lipinski definition) is 5. The summed E-state index contributed by atoms with van der Waals surface area (Å²) in [5, 5.41) is 2.05. The van der Waals surface area contributed by atoms with Crippen LogP contribution < -0.4 is 0 Å². The Bertz CT molecular complexity index is 1590. The van der Waals surface area contributed by atoms with E-state index in [2.05, 4.69) is 51.8 Å². The summed E-state index contributed by atoms with van der Waals surface area (Å²) in [7, 11) is 3.41. The van der Waals surface area contributed by atoms with Crippen LogP contribution in [0.4, 0.5) is 0 Å². The second kappa shape index (κ2) is 11.3. The van der Waals surface area contributed by atoms with Crippen LogP contribution >= 0.6 is 0 Å². The van der Waals surface area contributed by atoms with Crippen molar-refractivity contribution in [2.24, 2.45) is 0 Å². The molecule has 0 N–H and O–H groups in total. The summed E-state index contributed by atoms with van der Waals surface area (Å²) < 4.78 is 14.7. The zero-order valence-corrected chi connectivity index (χ0v) is 22.0. The van der Waals surface area contributed by atoms with Crippen LogP contribution in [-0.2, 0) is 22.6 Å². The molecule has 3 heterocycles. The highest BCUT2D eigenvalue weighted by atomic mass is 16.5. The third-order valence-corrected chi connectivity index (χ3v) is 6.39. The van der Waals surface area contributed by atoms with Gasteiger partial charge in [0.1, 0.15) is 0 Å². The smallest absolute Gasteiger partial charge is 0.185 e. The van der Waals surface area contributed by atoms with Crippen molar-refractivity contribution >= 4 is 21.8 Å². The molecule has 190 valence electrons. The minimum absolute atomic E-state index is 0.0838. The van der Waals surface area contributed by atoms with Gasteiger partial charge in [0, 0.05) is 60.9 Å². The van der Waals surface area contributed by atoms with Gasteiger partial charge in [-0.15, -0.1) is 0 Å². The van der Waals surface area contributed by atoms with Crippen LogP contribution in [0.2, 0.25) is 0 Å². The minimum atomic E-state index is 0.0838. The average molecular weight is 504 g/mol. The van der Waals surface area contributed by atoms with Gasteiger partial charge in [0.25, 0.3) is 0 Å². The molecule has 5 aromatic rings. The topological polar surface area (TPSA) is 67.0 Å². The lowest BCUT2D eigenvalue weighted by Crippen LogP contribution is -2.15. The lowest BCUT2D eigenvalue weighted by atomic mass is 10.1. The van der Waals surface area contributed by atoms with Crippen LogP contribution in [0.25, 0.3) is 21.8 Å². The summed E-state index contributed by atoms with van der Waals surface area (Å²) in [5.41, 5.74) is 3.65. The molecule has 5 rings (SSSR count). The summed E-state index contributed by atoms with van der Waals surface area (Å²) in [6.07, 6.45) is 7.53. The number of aromatic nitrogens is 5. The first kappa shape index (κ1) is 25.2. The Morgan fingerprint density at radius 1 is 0.684 bits per heavy atom. The average Bonchev–Trinajstić information content (AvgIpc) is 3.57. The van der Waals surface area contributed by atoms with Gasteiger partial charge in [-0.1, -0.05) is 11.8 Å². The van der Waals surface area contributed by atoms with Crippen molar-refractivity contribution in [3.8, 4) is 23.7 Å². The summed E-state index contributed by atoms with van der Waals surface area (Å²) >= 11 is 0. The maximum absolute atomic E-state index is 5.37. The number of ether oxygens (including phenoxy) is 2. The third-order valence-electron chi connectivity index (χ3n) is 6.39. The number of benzene rings is 2. The van der Waals surface area contributed by atoms with Crippen molar-refractivity contribution in [1.29, 1.82) is 0 Å². The monoisotopic (exact) mass is 503 g/mol. The van der Waals surface area contributed by atoms with Crippen LogP contribution in [0, 0.1) is 23.7 Å². The van der Waals surface area contributed by atoms with E-state index in [1.165, 1.54) is 0 Å². The highest BCUT2D eigenvalue weighted by Crippen LogP contribution is 2.22. The number of nitrogens with zero attached hydrogens (tertiary/aromatic N) is 5. The zero-order valence-electron chi connectivity index (χ0n) is 22.0. The molecule has 0 radical (unpaired) electrons. The Hall–Kier alpha value is -4.43. The number of methoxy groups -OCH3 is 2. The van der Waals surface area contributed by atoms with Crippen molar-refractivity contribution in [2.75, 3.05) is 14.2 Å². The van der Waals surface area contributed by atoms with Gasteiger partial charge in [0.15, 0.2) is 11.6 Å². The van der Waals surface area contributed by atoms with Crippen LogP contribution in [0.5, 0.6) is 0 Å². The molecule has 0 amide bonds. The largest absolute Gasteiger partial charge is 0.380 e. The molecule has 0 saturated heterocycles.